The van der Waals surface area contributed by atoms with E-state index in [1.54, 1.807) is 12.1 Å². The van der Waals surface area contributed by atoms with Gasteiger partial charge in [-0.25, -0.2) is 8.42 Å². The van der Waals surface area contributed by atoms with Crippen LogP contribution in [-0.4, -0.2) is 8.42 Å². The van der Waals surface area contributed by atoms with Gasteiger partial charge in [0.25, 0.3) is 10.0 Å². The van der Waals surface area contributed by atoms with Crippen LogP contribution in [0.3, 0.4) is 0 Å². The highest BCUT2D eigenvalue weighted by molar-refractivity contribution is 9.11. The molecule has 20 heavy (non-hydrogen) atoms. The van der Waals surface area contributed by atoms with Crippen LogP contribution in [0.15, 0.2) is 38.3 Å². The highest BCUT2D eigenvalue weighted by Gasteiger charge is 2.20. The topological polar surface area (TPSA) is 46.2 Å². The number of aryl methyl sites for hydroxylation is 1. The molecule has 1 aliphatic carbocycles. The van der Waals surface area contributed by atoms with Gasteiger partial charge in [-0.05, 0) is 70.9 Å². The predicted octanol–water partition coefficient (Wildman–Crippen LogP) is 4.19. The normalized spacial score (nSPS) is 14.8. The van der Waals surface area contributed by atoms with Crippen LogP contribution >= 0.6 is 27.3 Å². The predicted molar refractivity (Wildman–Crippen MR) is 85.9 cm³/mol. The van der Waals surface area contributed by atoms with Crippen molar-refractivity contribution >= 4 is 43.0 Å². The molecular weight excluding hydrogens is 358 g/mol. The highest BCUT2D eigenvalue weighted by atomic mass is 79.9. The quantitative estimate of drug-likeness (QED) is 0.878. The Kier molecular flexibility index (Phi) is 3.88. The molecule has 0 radical (unpaired) electrons. The first kappa shape index (κ1) is 14.1. The maximum absolute atomic E-state index is 12.4. The minimum absolute atomic E-state index is 0.331. The van der Waals surface area contributed by atoms with Crippen molar-refractivity contribution < 1.29 is 8.42 Å². The second kappa shape index (κ2) is 5.50. The molecule has 2 aromatic rings. The monoisotopic (exact) mass is 371 g/mol. The van der Waals surface area contributed by atoms with E-state index in [-0.39, 0.29) is 0 Å². The van der Waals surface area contributed by atoms with Gasteiger partial charge in [0, 0.05) is 0 Å². The molecule has 1 N–H and O–H groups in total. The van der Waals surface area contributed by atoms with E-state index in [0.717, 1.165) is 34.3 Å². The van der Waals surface area contributed by atoms with Crippen LogP contribution in [0.5, 0.6) is 0 Å². The van der Waals surface area contributed by atoms with E-state index in [0.29, 0.717) is 4.21 Å². The molecule has 0 saturated carbocycles. The molecule has 0 unspecified atom stereocenters. The van der Waals surface area contributed by atoms with Crippen molar-refractivity contribution in [3.63, 3.8) is 0 Å². The van der Waals surface area contributed by atoms with Gasteiger partial charge in [0.05, 0.1) is 9.47 Å². The Bertz CT molecular complexity index is 737. The number of fused-ring (bicyclic) bond motifs is 1. The van der Waals surface area contributed by atoms with E-state index >= 15 is 0 Å². The summed E-state index contributed by atoms with van der Waals surface area (Å²) in [6.45, 7) is 0. The molecule has 0 aliphatic heterocycles. The molecular formula is C14H14BrNO2S2. The van der Waals surface area contributed by atoms with Crippen molar-refractivity contribution in [1.29, 1.82) is 0 Å². The number of anilines is 1. The number of hydrogen-bond acceptors (Lipinski definition) is 3. The number of hydrogen-bond donors (Lipinski definition) is 1. The number of nitrogens with one attached hydrogen (secondary N) is 1. The molecule has 0 atom stereocenters. The summed E-state index contributed by atoms with van der Waals surface area (Å²) in [5.41, 5.74) is 3.15. The average Bonchev–Trinajstić information content (AvgIpc) is 2.86. The number of sulfonamides is 1. The van der Waals surface area contributed by atoms with Crippen LogP contribution < -0.4 is 4.72 Å². The Hall–Kier alpha value is -0.850. The first-order valence-electron chi connectivity index (χ1n) is 6.45. The van der Waals surface area contributed by atoms with Crippen molar-refractivity contribution in [1.82, 2.24) is 0 Å². The minimum atomic E-state index is -3.49. The largest absolute Gasteiger partial charge is 0.279 e. The SMILES string of the molecule is O=S(=O)(Nc1cccc2c1CCCC2)c1ccc(Br)s1. The third-order valence-electron chi connectivity index (χ3n) is 3.45. The van der Waals surface area contributed by atoms with Crippen molar-refractivity contribution in [2.24, 2.45) is 0 Å². The van der Waals surface area contributed by atoms with E-state index in [1.807, 2.05) is 12.1 Å². The van der Waals surface area contributed by atoms with Gasteiger partial charge in [0.2, 0.25) is 0 Å². The summed E-state index contributed by atoms with van der Waals surface area (Å²) in [7, 11) is -3.49. The fourth-order valence-corrected chi connectivity index (χ4v) is 5.62. The molecule has 3 nitrogen and oxygen atoms in total. The Labute approximate surface area is 131 Å². The fraction of sp³-hybridized carbons (Fsp3) is 0.286. The third-order valence-corrected chi connectivity index (χ3v) is 6.93. The summed E-state index contributed by atoms with van der Waals surface area (Å²) in [6.07, 6.45) is 4.29. The Morgan fingerprint density at radius 1 is 1.10 bits per heavy atom. The lowest BCUT2D eigenvalue weighted by Crippen LogP contribution is -2.15. The number of benzene rings is 1. The van der Waals surface area contributed by atoms with Crippen LogP contribution in [0.25, 0.3) is 0 Å². The Morgan fingerprint density at radius 2 is 1.90 bits per heavy atom. The molecule has 1 aromatic heterocycles. The summed E-state index contributed by atoms with van der Waals surface area (Å²) in [5, 5.41) is 0. The van der Waals surface area contributed by atoms with E-state index in [4.69, 9.17) is 0 Å². The van der Waals surface area contributed by atoms with Crippen LogP contribution in [0, 0.1) is 0 Å². The van der Waals surface area contributed by atoms with E-state index in [1.165, 1.54) is 23.3 Å². The van der Waals surface area contributed by atoms with Gasteiger partial charge in [-0.3, -0.25) is 4.72 Å². The first-order valence-corrected chi connectivity index (χ1v) is 9.54. The van der Waals surface area contributed by atoms with Crippen LogP contribution in [-0.2, 0) is 22.9 Å². The maximum Gasteiger partial charge on any atom is 0.271 e. The lowest BCUT2D eigenvalue weighted by atomic mass is 9.91. The van der Waals surface area contributed by atoms with E-state index in [9.17, 15) is 8.42 Å². The number of thiophene rings is 1. The molecule has 0 bridgehead atoms. The van der Waals surface area contributed by atoms with Gasteiger partial charge >= 0.3 is 0 Å². The molecule has 1 aromatic carbocycles. The van der Waals surface area contributed by atoms with Crippen LogP contribution in [0.2, 0.25) is 0 Å². The zero-order valence-electron chi connectivity index (χ0n) is 10.7. The molecule has 1 heterocycles. The molecule has 6 heteroatoms. The third kappa shape index (κ3) is 2.77. The van der Waals surface area contributed by atoms with Gasteiger partial charge < -0.3 is 0 Å². The Morgan fingerprint density at radius 3 is 2.65 bits per heavy atom. The van der Waals surface area contributed by atoms with Gasteiger partial charge in [-0.1, -0.05) is 12.1 Å². The lowest BCUT2D eigenvalue weighted by molar-refractivity contribution is 0.603. The van der Waals surface area contributed by atoms with Gasteiger partial charge in [-0.15, -0.1) is 11.3 Å². The van der Waals surface area contributed by atoms with Crippen molar-refractivity contribution in [2.45, 2.75) is 29.9 Å². The number of halogens is 1. The highest BCUT2D eigenvalue weighted by Crippen LogP contribution is 2.31. The maximum atomic E-state index is 12.4. The average molecular weight is 372 g/mol. The van der Waals surface area contributed by atoms with Crippen molar-refractivity contribution in [3.05, 3.63) is 45.2 Å². The van der Waals surface area contributed by atoms with Crippen molar-refractivity contribution in [3.8, 4) is 0 Å². The van der Waals surface area contributed by atoms with Gasteiger partial charge in [-0.2, -0.15) is 0 Å². The van der Waals surface area contributed by atoms with Gasteiger partial charge in [0.1, 0.15) is 4.21 Å². The molecule has 0 amide bonds. The fourth-order valence-electron chi connectivity index (χ4n) is 2.51. The summed E-state index contributed by atoms with van der Waals surface area (Å²) >= 11 is 4.51. The summed E-state index contributed by atoms with van der Waals surface area (Å²) in [5.74, 6) is 0. The molecule has 3 rings (SSSR count). The zero-order valence-corrected chi connectivity index (χ0v) is 13.9. The van der Waals surface area contributed by atoms with Crippen molar-refractivity contribution in [2.75, 3.05) is 4.72 Å². The second-order valence-corrected chi connectivity index (χ2v) is 9.19. The summed E-state index contributed by atoms with van der Waals surface area (Å²) in [6, 6.07) is 9.23. The zero-order chi connectivity index (χ0) is 14.2. The van der Waals surface area contributed by atoms with Gasteiger partial charge in [0.15, 0.2) is 0 Å². The van der Waals surface area contributed by atoms with E-state index in [2.05, 4.69) is 26.7 Å². The van der Waals surface area contributed by atoms with E-state index < -0.39 is 10.0 Å². The summed E-state index contributed by atoms with van der Waals surface area (Å²) < 4.78 is 28.6. The Balaban J connectivity index is 1.95. The minimum Gasteiger partial charge on any atom is -0.279 e. The standard InChI is InChI=1S/C14H14BrNO2S2/c15-13-8-9-14(19-13)20(17,18)16-12-7-3-5-10-4-1-2-6-11(10)12/h3,5,7-9,16H,1-2,4,6H2. The first-order chi connectivity index (χ1) is 9.56. The number of rotatable bonds is 3. The smallest absolute Gasteiger partial charge is 0.271 e. The molecule has 0 saturated heterocycles. The summed E-state index contributed by atoms with van der Waals surface area (Å²) in [4.78, 5) is 0. The van der Waals surface area contributed by atoms with Crippen LogP contribution in [0.1, 0.15) is 24.0 Å². The molecule has 106 valence electrons. The molecule has 0 fully saturated rings. The molecule has 0 spiro atoms. The second-order valence-electron chi connectivity index (χ2n) is 4.81. The molecule has 1 aliphatic rings. The van der Waals surface area contributed by atoms with Crippen LogP contribution in [0.4, 0.5) is 5.69 Å². The lowest BCUT2D eigenvalue weighted by Gasteiger charge is -2.19.